The Labute approximate surface area is 151 Å². The zero-order valence-corrected chi connectivity index (χ0v) is 15.5. The van der Waals surface area contributed by atoms with Gasteiger partial charge in [-0.3, -0.25) is 0 Å². The lowest BCUT2D eigenvalue weighted by atomic mass is 9.82. The van der Waals surface area contributed by atoms with Crippen LogP contribution in [0, 0.1) is 5.92 Å². The summed E-state index contributed by atoms with van der Waals surface area (Å²) >= 11 is 0. The molecule has 3 heteroatoms. The van der Waals surface area contributed by atoms with Crippen LogP contribution in [0.2, 0.25) is 0 Å². The summed E-state index contributed by atoms with van der Waals surface area (Å²) in [7, 11) is 0. The van der Waals surface area contributed by atoms with Crippen molar-refractivity contribution >= 4 is 5.97 Å². The zero-order valence-electron chi connectivity index (χ0n) is 15.5. The van der Waals surface area contributed by atoms with Gasteiger partial charge in [0, 0.05) is 5.92 Å². The van der Waals surface area contributed by atoms with E-state index in [1.165, 1.54) is 0 Å². The van der Waals surface area contributed by atoms with E-state index in [1.54, 1.807) is 0 Å². The van der Waals surface area contributed by atoms with Gasteiger partial charge in [0.25, 0.3) is 0 Å². The van der Waals surface area contributed by atoms with Crippen LogP contribution in [0.1, 0.15) is 76.7 Å². The summed E-state index contributed by atoms with van der Waals surface area (Å²) in [6.45, 7) is 4.26. The van der Waals surface area contributed by atoms with E-state index in [9.17, 15) is 9.90 Å². The summed E-state index contributed by atoms with van der Waals surface area (Å²) < 4.78 is 5.90. The Morgan fingerprint density at radius 1 is 1.12 bits per heavy atom. The lowest BCUT2D eigenvalue weighted by Gasteiger charge is -2.28. The van der Waals surface area contributed by atoms with Crippen molar-refractivity contribution in [1.29, 1.82) is 0 Å². The van der Waals surface area contributed by atoms with Crippen molar-refractivity contribution in [3.8, 4) is 0 Å². The number of rotatable bonds is 9. The van der Waals surface area contributed by atoms with Crippen molar-refractivity contribution < 1.29 is 14.6 Å². The molecule has 1 atom stereocenters. The summed E-state index contributed by atoms with van der Waals surface area (Å²) in [5.41, 5.74) is 0.853. The predicted molar refractivity (Wildman–Crippen MR) is 99.4 cm³/mol. The van der Waals surface area contributed by atoms with Gasteiger partial charge >= 0.3 is 5.97 Å². The molecule has 0 aromatic heterocycles. The molecule has 1 aliphatic carbocycles. The van der Waals surface area contributed by atoms with Crippen molar-refractivity contribution in [2.75, 3.05) is 0 Å². The summed E-state index contributed by atoms with van der Waals surface area (Å²) in [4.78, 5) is 12.8. The van der Waals surface area contributed by atoms with Crippen molar-refractivity contribution in [3.05, 3.63) is 47.2 Å². The molecule has 0 spiro atoms. The second kappa shape index (κ2) is 7.63. The van der Waals surface area contributed by atoms with Gasteiger partial charge in [0.05, 0.1) is 5.57 Å². The third-order valence-electron chi connectivity index (χ3n) is 5.63. The molecule has 3 rings (SSSR count). The fourth-order valence-corrected chi connectivity index (χ4v) is 4.05. The molecule has 1 unspecified atom stereocenters. The molecule has 1 aromatic carbocycles. The number of hydrogen-bond acceptors (Lipinski definition) is 3. The van der Waals surface area contributed by atoms with Crippen LogP contribution in [0.4, 0.5) is 0 Å². The molecular formula is C22H30O3. The average Bonchev–Trinajstić information content (AvgIpc) is 3.43. The SMILES string of the molecule is CCCCC1(CCCC)OC(=O)C(C(c2ccccc2)C2CC2)=C1O. The number of cyclic esters (lactones) is 1. The number of unbranched alkanes of at least 4 members (excludes halogenated alkanes) is 2. The molecule has 0 radical (unpaired) electrons. The first-order chi connectivity index (χ1) is 12.1. The highest BCUT2D eigenvalue weighted by Gasteiger charge is 2.51. The van der Waals surface area contributed by atoms with E-state index < -0.39 is 5.60 Å². The molecule has 0 bridgehead atoms. The topological polar surface area (TPSA) is 46.5 Å². The maximum atomic E-state index is 12.8. The number of carbonyl (C=O) groups excluding carboxylic acids is 1. The standard InChI is InChI=1S/C22H30O3/c1-3-5-14-22(15-6-4-2)20(23)19(21(24)25-22)18(17-12-13-17)16-10-8-7-9-11-16/h7-11,17-18,23H,3-6,12-15H2,1-2H3. The number of ether oxygens (including phenoxy) is 1. The van der Waals surface area contributed by atoms with Crippen LogP contribution < -0.4 is 0 Å². The highest BCUT2D eigenvalue weighted by atomic mass is 16.6. The molecule has 136 valence electrons. The molecule has 1 fully saturated rings. The summed E-state index contributed by atoms with van der Waals surface area (Å²) in [6.07, 6.45) is 7.62. The summed E-state index contributed by atoms with van der Waals surface area (Å²) in [5.74, 6) is 0.338. The molecule has 25 heavy (non-hydrogen) atoms. The quantitative estimate of drug-likeness (QED) is 0.588. The van der Waals surface area contributed by atoms with Crippen LogP contribution in [-0.2, 0) is 9.53 Å². The number of benzene rings is 1. The van der Waals surface area contributed by atoms with Gasteiger partial charge in [-0.2, -0.15) is 0 Å². The number of aliphatic hydroxyl groups is 1. The lowest BCUT2D eigenvalue weighted by Crippen LogP contribution is -2.32. The fraction of sp³-hybridized carbons (Fsp3) is 0.591. The first-order valence-corrected chi connectivity index (χ1v) is 9.85. The summed E-state index contributed by atoms with van der Waals surface area (Å²) in [5, 5.41) is 11.2. The van der Waals surface area contributed by atoms with Crippen LogP contribution >= 0.6 is 0 Å². The largest absolute Gasteiger partial charge is 0.507 e. The number of carbonyl (C=O) groups is 1. The van der Waals surface area contributed by atoms with E-state index >= 15 is 0 Å². The van der Waals surface area contributed by atoms with Crippen molar-refractivity contribution in [2.24, 2.45) is 5.92 Å². The molecule has 1 aliphatic heterocycles. The highest BCUT2D eigenvalue weighted by molar-refractivity contribution is 5.94. The van der Waals surface area contributed by atoms with Crippen LogP contribution in [0.3, 0.4) is 0 Å². The van der Waals surface area contributed by atoms with Gasteiger partial charge in [0.2, 0.25) is 0 Å². The first-order valence-electron chi connectivity index (χ1n) is 9.85. The van der Waals surface area contributed by atoms with Gasteiger partial charge in [-0.25, -0.2) is 4.79 Å². The van der Waals surface area contributed by atoms with Crippen molar-refractivity contribution in [2.45, 2.75) is 76.7 Å². The highest BCUT2D eigenvalue weighted by Crippen LogP contribution is 2.52. The molecule has 1 aromatic rings. The second-order valence-corrected chi connectivity index (χ2v) is 7.58. The lowest BCUT2D eigenvalue weighted by molar-refractivity contribution is -0.150. The van der Waals surface area contributed by atoms with Crippen LogP contribution in [0.15, 0.2) is 41.7 Å². The molecule has 1 N–H and O–H groups in total. The van der Waals surface area contributed by atoms with E-state index in [1.807, 2.05) is 18.2 Å². The Balaban J connectivity index is 1.99. The van der Waals surface area contributed by atoms with E-state index in [2.05, 4.69) is 26.0 Å². The van der Waals surface area contributed by atoms with Crippen LogP contribution in [-0.4, -0.2) is 16.7 Å². The zero-order chi connectivity index (χ0) is 17.9. The third-order valence-corrected chi connectivity index (χ3v) is 5.63. The maximum absolute atomic E-state index is 12.8. The van der Waals surface area contributed by atoms with Gasteiger partial charge in [0.15, 0.2) is 5.60 Å². The molecule has 1 saturated carbocycles. The smallest absolute Gasteiger partial charge is 0.339 e. The van der Waals surface area contributed by atoms with Gasteiger partial charge in [-0.15, -0.1) is 0 Å². The van der Waals surface area contributed by atoms with Gasteiger partial charge in [0.1, 0.15) is 5.76 Å². The van der Waals surface area contributed by atoms with Crippen LogP contribution in [0.5, 0.6) is 0 Å². The average molecular weight is 342 g/mol. The van der Waals surface area contributed by atoms with Gasteiger partial charge in [-0.05, 0) is 50.0 Å². The van der Waals surface area contributed by atoms with E-state index in [4.69, 9.17) is 4.74 Å². The Morgan fingerprint density at radius 2 is 1.72 bits per heavy atom. The Hall–Kier alpha value is -1.77. The van der Waals surface area contributed by atoms with E-state index in [-0.39, 0.29) is 17.6 Å². The third kappa shape index (κ3) is 3.61. The Kier molecular flexibility index (Phi) is 5.51. The van der Waals surface area contributed by atoms with E-state index in [0.29, 0.717) is 11.5 Å². The number of esters is 1. The number of hydrogen-bond donors (Lipinski definition) is 1. The molecule has 2 aliphatic rings. The first kappa shape index (κ1) is 18.0. The van der Waals surface area contributed by atoms with Crippen molar-refractivity contribution in [1.82, 2.24) is 0 Å². The second-order valence-electron chi connectivity index (χ2n) is 7.58. The van der Waals surface area contributed by atoms with Crippen molar-refractivity contribution in [3.63, 3.8) is 0 Å². The number of aliphatic hydroxyl groups excluding tert-OH is 1. The van der Waals surface area contributed by atoms with Crippen LogP contribution in [0.25, 0.3) is 0 Å². The Morgan fingerprint density at radius 3 is 2.24 bits per heavy atom. The maximum Gasteiger partial charge on any atom is 0.339 e. The molecule has 1 heterocycles. The Bertz CT molecular complexity index is 620. The van der Waals surface area contributed by atoms with Gasteiger partial charge in [-0.1, -0.05) is 57.0 Å². The molecule has 3 nitrogen and oxygen atoms in total. The molecule has 0 amide bonds. The minimum absolute atomic E-state index is 0.0289. The molecular weight excluding hydrogens is 312 g/mol. The molecule has 0 saturated heterocycles. The predicted octanol–water partition coefficient (Wildman–Crippen LogP) is 5.67. The summed E-state index contributed by atoms with van der Waals surface area (Å²) in [6, 6.07) is 10.1. The normalized spacial score (nSPS) is 20.6. The monoisotopic (exact) mass is 342 g/mol. The van der Waals surface area contributed by atoms with Gasteiger partial charge < -0.3 is 9.84 Å². The fourth-order valence-electron chi connectivity index (χ4n) is 4.05. The van der Waals surface area contributed by atoms with E-state index in [0.717, 1.165) is 56.9 Å². The minimum Gasteiger partial charge on any atom is -0.507 e. The minimum atomic E-state index is -0.791.